The number of halogens is 1. The summed E-state index contributed by atoms with van der Waals surface area (Å²) in [5, 5.41) is 13.8. The molecule has 26 heavy (non-hydrogen) atoms. The Bertz CT molecular complexity index is 905. The summed E-state index contributed by atoms with van der Waals surface area (Å²) < 4.78 is 32.7. The third kappa shape index (κ3) is 4.71. The van der Waals surface area contributed by atoms with Gasteiger partial charge in [-0.3, -0.25) is 10.1 Å². The van der Waals surface area contributed by atoms with Gasteiger partial charge in [0.2, 0.25) is 10.0 Å². The highest BCUT2D eigenvalue weighted by atomic mass is 79.9. The van der Waals surface area contributed by atoms with Gasteiger partial charge in [-0.25, -0.2) is 8.42 Å². The highest BCUT2D eigenvalue weighted by molar-refractivity contribution is 9.10. The van der Waals surface area contributed by atoms with E-state index in [0.717, 1.165) is 14.8 Å². The van der Waals surface area contributed by atoms with Crippen LogP contribution in [0.15, 0.2) is 51.8 Å². The molecule has 2 aromatic rings. The van der Waals surface area contributed by atoms with Crippen LogP contribution in [-0.4, -0.2) is 44.9 Å². The van der Waals surface area contributed by atoms with Gasteiger partial charge in [-0.2, -0.15) is 4.31 Å². The Morgan fingerprint density at radius 3 is 2.62 bits per heavy atom. The van der Waals surface area contributed by atoms with Gasteiger partial charge in [-0.05, 0) is 30.3 Å². The third-order valence-electron chi connectivity index (χ3n) is 3.61. The standard InChI is InChI=1S/C16H18BrN3O5S/c1-18-15-7-6-14(11-16(15)20(21)22)26(23,24)19(2)8-9-25-13-5-3-4-12(17)10-13/h3-7,10-11,18H,8-9H2,1-2H3. The van der Waals surface area contributed by atoms with E-state index in [2.05, 4.69) is 21.2 Å². The van der Waals surface area contributed by atoms with E-state index in [-0.39, 0.29) is 29.4 Å². The zero-order chi connectivity index (χ0) is 19.3. The van der Waals surface area contributed by atoms with Crippen LogP contribution in [0.1, 0.15) is 0 Å². The molecule has 0 fully saturated rings. The van der Waals surface area contributed by atoms with Crippen LogP contribution in [0, 0.1) is 10.1 Å². The van der Waals surface area contributed by atoms with Crippen LogP contribution >= 0.6 is 15.9 Å². The quantitative estimate of drug-likeness (QED) is 0.496. The second-order valence-electron chi connectivity index (χ2n) is 5.32. The maximum absolute atomic E-state index is 12.6. The second-order valence-corrected chi connectivity index (χ2v) is 8.28. The van der Waals surface area contributed by atoms with Gasteiger partial charge >= 0.3 is 0 Å². The predicted molar refractivity (Wildman–Crippen MR) is 102 cm³/mol. The lowest BCUT2D eigenvalue weighted by atomic mass is 10.3. The number of ether oxygens (including phenoxy) is 1. The molecule has 0 saturated heterocycles. The Labute approximate surface area is 160 Å². The van der Waals surface area contributed by atoms with Crippen molar-refractivity contribution in [1.29, 1.82) is 0 Å². The highest BCUT2D eigenvalue weighted by Crippen LogP contribution is 2.28. The van der Waals surface area contributed by atoms with E-state index in [1.165, 1.54) is 26.2 Å². The van der Waals surface area contributed by atoms with Crippen molar-refractivity contribution in [3.63, 3.8) is 0 Å². The number of benzene rings is 2. The fraction of sp³-hybridized carbons (Fsp3) is 0.250. The van der Waals surface area contributed by atoms with E-state index < -0.39 is 14.9 Å². The molecule has 0 amide bonds. The van der Waals surface area contributed by atoms with E-state index >= 15 is 0 Å². The SMILES string of the molecule is CNc1ccc(S(=O)(=O)N(C)CCOc2cccc(Br)c2)cc1[N+](=O)[O-]. The number of hydrogen-bond acceptors (Lipinski definition) is 6. The first kappa shape index (κ1) is 20.1. The zero-order valence-corrected chi connectivity index (χ0v) is 16.6. The number of sulfonamides is 1. The Morgan fingerprint density at radius 1 is 1.27 bits per heavy atom. The molecular formula is C16H18BrN3O5S. The molecule has 0 radical (unpaired) electrons. The van der Waals surface area contributed by atoms with Crippen molar-refractivity contribution in [2.24, 2.45) is 0 Å². The molecular weight excluding hydrogens is 426 g/mol. The lowest BCUT2D eigenvalue weighted by Gasteiger charge is -2.18. The first-order chi connectivity index (χ1) is 12.3. The fourth-order valence-electron chi connectivity index (χ4n) is 2.18. The topological polar surface area (TPSA) is 102 Å². The number of likely N-dealkylation sites (N-methyl/N-ethyl adjacent to an activating group) is 1. The molecule has 0 atom stereocenters. The fourth-order valence-corrected chi connectivity index (χ4v) is 3.74. The van der Waals surface area contributed by atoms with Crippen molar-refractivity contribution in [3.8, 4) is 5.75 Å². The molecule has 1 N–H and O–H groups in total. The summed E-state index contributed by atoms with van der Waals surface area (Å²) in [6, 6.07) is 10.9. The van der Waals surface area contributed by atoms with Gasteiger partial charge in [0.15, 0.2) is 0 Å². The normalized spacial score (nSPS) is 11.4. The Morgan fingerprint density at radius 2 is 2.00 bits per heavy atom. The number of nitrogens with one attached hydrogen (secondary N) is 1. The van der Waals surface area contributed by atoms with Gasteiger partial charge in [0.05, 0.1) is 9.82 Å². The summed E-state index contributed by atoms with van der Waals surface area (Å²) in [6.07, 6.45) is 0. The molecule has 140 valence electrons. The predicted octanol–water partition coefficient (Wildman–Crippen LogP) is 3.10. The molecule has 0 aliphatic rings. The summed E-state index contributed by atoms with van der Waals surface area (Å²) in [7, 11) is -0.941. The van der Waals surface area contributed by atoms with Crippen LogP contribution in [0.2, 0.25) is 0 Å². The molecule has 0 heterocycles. The largest absolute Gasteiger partial charge is 0.492 e. The van der Waals surface area contributed by atoms with E-state index in [1.54, 1.807) is 12.1 Å². The van der Waals surface area contributed by atoms with Crippen LogP contribution in [0.3, 0.4) is 0 Å². The van der Waals surface area contributed by atoms with E-state index in [1.807, 2.05) is 12.1 Å². The van der Waals surface area contributed by atoms with Gasteiger partial charge < -0.3 is 10.1 Å². The van der Waals surface area contributed by atoms with Crippen molar-refractivity contribution in [2.75, 3.05) is 32.6 Å². The minimum atomic E-state index is -3.87. The maximum atomic E-state index is 12.6. The monoisotopic (exact) mass is 443 g/mol. The summed E-state index contributed by atoms with van der Waals surface area (Å²) in [4.78, 5) is 10.4. The first-order valence-corrected chi connectivity index (χ1v) is 9.80. The van der Waals surface area contributed by atoms with Crippen LogP contribution in [0.5, 0.6) is 5.75 Å². The van der Waals surface area contributed by atoms with E-state index in [4.69, 9.17) is 4.74 Å². The van der Waals surface area contributed by atoms with Crippen molar-refractivity contribution in [1.82, 2.24) is 4.31 Å². The number of nitro groups is 1. The molecule has 0 spiro atoms. The van der Waals surface area contributed by atoms with Crippen molar-refractivity contribution >= 4 is 37.3 Å². The Hall–Kier alpha value is -2.17. The summed E-state index contributed by atoms with van der Waals surface area (Å²) in [6.45, 7) is 0.235. The maximum Gasteiger partial charge on any atom is 0.293 e. The summed E-state index contributed by atoms with van der Waals surface area (Å²) in [5.74, 6) is 0.610. The molecule has 0 saturated carbocycles. The number of anilines is 1. The number of nitrogens with zero attached hydrogens (tertiary/aromatic N) is 2. The molecule has 2 aromatic carbocycles. The van der Waals surface area contributed by atoms with Gasteiger partial charge in [0.1, 0.15) is 18.0 Å². The van der Waals surface area contributed by atoms with Crippen LogP contribution < -0.4 is 10.1 Å². The lowest BCUT2D eigenvalue weighted by Crippen LogP contribution is -2.31. The molecule has 0 aromatic heterocycles. The van der Waals surface area contributed by atoms with Gasteiger partial charge in [0, 0.05) is 31.2 Å². The molecule has 0 aliphatic carbocycles. The smallest absolute Gasteiger partial charge is 0.293 e. The molecule has 0 bridgehead atoms. The van der Waals surface area contributed by atoms with Gasteiger partial charge in [-0.1, -0.05) is 22.0 Å². The minimum absolute atomic E-state index is 0.0937. The Kier molecular flexibility index (Phi) is 6.57. The van der Waals surface area contributed by atoms with Crippen LogP contribution in [0.4, 0.5) is 11.4 Å². The van der Waals surface area contributed by atoms with Gasteiger partial charge in [-0.15, -0.1) is 0 Å². The highest BCUT2D eigenvalue weighted by Gasteiger charge is 2.24. The molecule has 2 rings (SSSR count). The average Bonchev–Trinajstić information content (AvgIpc) is 2.61. The summed E-state index contributed by atoms with van der Waals surface area (Å²) in [5.41, 5.74) is -0.0537. The Balaban J connectivity index is 2.11. The van der Waals surface area contributed by atoms with Crippen molar-refractivity contribution < 1.29 is 18.1 Å². The molecule has 8 nitrogen and oxygen atoms in total. The average molecular weight is 444 g/mol. The first-order valence-electron chi connectivity index (χ1n) is 7.56. The molecule has 0 unspecified atom stereocenters. The second kappa shape index (κ2) is 8.47. The minimum Gasteiger partial charge on any atom is -0.492 e. The summed E-state index contributed by atoms with van der Waals surface area (Å²) >= 11 is 3.33. The number of rotatable bonds is 8. The van der Waals surface area contributed by atoms with Crippen LogP contribution in [0.25, 0.3) is 0 Å². The van der Waals surface area contributed by atoms with E-state index in [0.29, 0.717) is 5.75 Å². The number of hydrogen-bond donors (Lipinski definition) is 1. The number of nitro benzene ring substituents is 1. The van der Waals surface area contributed by atoms with Crippen molar-refractivity contribution in [2.45, 2.75) is 4.90 Å². The zero-order valence-electron chi connectivity index (χ0n) is 14.2. The molecule has 0 aliphatic heterocycles. The molecule has 10 heteroatoms. The van der Waals surface area contributed by atoms with Crippen LogP contribution in [-0.2, 0) is 10.0 Å². The van der Waals surface area contributed by atoms with Gasteiger partial charge in [0.25, 0.3) is 5.69 Å². The van der Waals surface area contributed by atoms with E-state index in [9.17, 15) is 18.5 Å². The van der Waals surface area contributed by atoms with Crippen molar-refractivity contribution in [3.05, 3.63) is 57.1 Å². The third-order valence-corrected chi connectivity index (χ3v) is 5.96. The lowest BCUT2D eigenvalue weighted by molar-refractivity contribution is -0.384.